The highest BCUT2D eigenvalue weighted by atomic mass is 35.5. The van der Waals surface area contributed by atoms with Crippen molar-refractivity contribution < 1.29 is 4.74 Å². The van der Waals surface area contributed by atoms with Crippen molar-refractivity contribution >= 4 is 22.5 Å². The molecule has 0 atom stereocenters. The summed E-state index contributed by atoms with van der Waals surface area (Å²) in [4.78, 5) is 3.11. The fourth-order valence-corrected chi connectivity index (χ4v) is 2.12. The molecule has 0 bridgehead atoms. The van der Waals surface area contributed by atoms with Gasteiger partial charge in [0, 0.05) is 17.1 Å². The number of nitrogens with zero attached hydrogens (tertiary/aromatic N) is 1. The minimum absolute atomic E-state index is 0.344. The monoisotopic (exact) mass is 248 g/mol. The van der Waals surface area contributed by atoms with Gasteiger partial charge < -0.3 is 9.72 Å². The van der Waals surface area contributed by atoms with Crippen molar-refractivity contribution in [3.8, 4) is 11.8 Å². The summed E-state index contributed by atoms with van der Waals surface area (Å²) in [5.74, 6) is 0.680. The number of ether oxygens (including phenoxy) is 1. The van der Waals surface area contributed by atoms with Crippen LogP contribution in [0.25, 0.3) is 10.9 Å². The number of halogens is 1. The van der Waals surface area contributed by atoms with Crippen LogP contribution in [0.3, 0.4) is 0 Å². The van der Waals surface area contributed by atoms with Gasteiger partial charge in [-0.1, -0.05) is 18.5 Å². The Morgan fingerprint density at radius 1 is 1.47 bits per heavy atom. The first-order valence-corrected chi connectivity index (χ1v) is 5.94. The molecule has 88 valence electrons. The molecule has 0 aliphatic heterocycles. The number of aromatic amines is 1. The van der Waals surface area contributed by atoms with Crippen LogP contribution in [0.5, 0.6) is 5.75 Å². The predicted molar refractivity (Wildman–Crippen MR) is 68.4 cm³/mol. The molecule has 1 aromatic heterocycles. The van der Waals surface area contributed by atoms with Gasteiger partial charge in [-0.05, 0) is 24.1 Å². The van der Waals surface area contributed by atoms with E-state index in [1.807, 2.05) is 25.3 Å². The average Bonchev–Trinajstić information content (AvgIpc) is 2.73. The summed E-state index contributed by atoms with van der Waals surface area (Å²) in [6.45, 7) is 2.69. The number of hydrogen-bond donors (Lipinski definition) is 1. The molecule has 3 nitrogen and oxygen atoms in total. The van der Waals surface area contributed by atoms with Gasteiger partial charge in [0.2, 0.25) is 0 Å². The third kappa shape index (κ3) is 2.22. The molecular formula is C13H13ClN2O. The first kappa shape index (κ1) is 11.8. The normalized spacial score (nSPS) is 10.4. The van der Waals surface area contributed by atoms with Gasteiger partial charge in [0.05, 0.1) is 24.1 Å². The molecule has 0 saturated heterocycles. The van der Waals surface area contributed by atoms with E-state index in [9.17, 15) is 0 Å². The van der Waals surface area contributed by atoms with E-state index in [4.69, 9.17) is 21.6 Å². The summed E-state index contributed by atoms with van der Waals surface area (Å²) in [7, 11) is 0. The zero-order valence-corrected chi connectivity index (χ0v) is 10.3. The van der Waals surface area contributed by atoms with E-state index in [2.05, 4.69) is 11.1 Å². The van der Waals surface area contributed by atoms with Crippen LogP contribution in [-0.4, -0.2) is 11.6 Å². The van der Waals surface area contributed by atoms with Gasteiger partial charge in [0.1, 0.15) is 5.75 Å². The largest absolute Gasteiger partial charge is 0.492 e. The van der Waals surface area contributed by atoms with Crippen molar-refractivity contribution in [3.63, 3.8) is 0 Å². The summed E-state index contributed by atoms with van der Waals surface area (Å²) in [6.07, 6.45) is 3.10. The van der Waals surface area contributed by atoms with Crippen LogP contribution in [0.4, 0.5) is 0 Å². The van der Waals surface area contributed by atoms with Crippen LogP contribution in [-0.2, 0) is 6.42 Å². The molecule has 0 unspecified atom stereocenters. The SMILES string of the molecule is CCCOc1ccc2[nH]cc(CC#N)c2c1Cl. The second kappa shape index (κ2) is 5.11. The Morgan fingerprint density at radius 2 is 2.29 bits per heavy atom. The average molecular weight is 249 g/mol. The molecule has 17 heavy (non-hydrogen) atoms. The summed E-state index contributed by atoms with van der Waals surface area (Å²) in [5, 5.41) is 10.2. The smallest absolute Gasteiger partial charge is 0.138 e. The molecule has 0 aliphatic rings. The lowest BCUT2D eigenvalue weighted by Crippen LogP contribution is -1.95. The Bertz CT molecular complexity index is 569. The Balaban J connectivity index is 2.48. The van der Waals surface area contributed by atoms with Gasteiger partial charge in [-0.3, -0.25) is 0 Å². The third-order valence-electron chi connectivity index (χ3n) is 2.56. The standard InChI is InChI=1S/C13H13ClN2O/c1-2-7-17-11-4-3-10-12(13(11)14)9(5-6-15)8-16-10/h3-4,8,16H,2,5,7H2,1H3. The van der Waals surface area contributed by atoms with Gasteiger partial charge >= 0.3 is 0 Å². The molecule has 2 rings (SSSR count). The fraction of sp³-hybridized carbons (Fsp3) is 0.308. The summed E-state index contributed by atoms with van der Waals surface area (Å²) >= 11 is 6.31. The van der Waals surface area contributed by atoms with Crippen LogP contribution in [0.2, 0.25) is 5.02 Å². The molecule has 1 aromatic carbocycles. The van der Waals surface area contributed by atoms with Crippen molar-refractivity contribution in [2.75, 3.05) is 6.61 Å². The number of rotatable bonds is 4. The number of nitrogens with one attached hydrogen (secondary N) is 1. The van der Waals surface area contributed by atoms with Crippen molar-refractivity contribution in [2.45, 2.75) is 19.8 Å². The molecule has 0 aliphatic carbocycles. The molecule has 0 fully saturated rings. The summed E-state index contributed by atoms with van der Waals surface area (Å²) in [6, 6.07) is 5.91. The molecule has 0 spiro atoms. The van der Waals surface area contributed by atoms with Crippen molar-refractivity contribution in [1.29, 1.82) is 5.26 Å². The highest BCUT2D eigenvalue weighted by Crippen LogP contribution is 2.35. The highest BCUT2D eigenvalue weighted by Gasteiger charge is 2.11. The van der Waals surface area contributed by atoms with Gasteiger partial charge in [-0.2, -0.15) is 5.26 Å². The molecular weight excluding hydrogens is 236 g/mol. The lowest BCUT2D eigenvalue weighted by Gasteiger charge is -2.07. The quantitative estimate of drug-likeness (QED) is 0.897. The van der Waals surface area contributed by atoms with Crippen molar-refractivity contribution in [3.05, 3.63) is 28.9 Å². The number of H-pyrrole nitrogens is 1. The maximum Gasteiger partial charge on any atom is 0.138 e. The molecule has 1 N–H and O–H groups in total. The van der Waals surface area contributed by atoms with Crippen LogP contribution < -0.4 is 4.74 Å². The Hall–Kier alpha value is -1.66. The molecule has 0 radical (unpaired) electrons. The Labute approximate surface area is 105 Å². The van der Waals surface area contributed by atoms with E-state index in [-0.39, 0.29) is 0 Å². The number of hydrogen-bond acceptors (Lipinski definition) is 2. The minimum Gasteiger partial charge on any atom is -0.492 e. The summed E-state index contributed by atoms with van der Waals surface area (Å²) < 4.78 is 5.57. The molecule has 0 amide bonds. The lowest BCUT2D eigenvalue weighted by atomic mass is 10.1. The zero-order chi connectivity index (χ0) is 12.3. The van der Waals surface area contributed by atoms with E-state index in [1.54, 1.807) is 0 Å². The Morgan fingerprint density at radius 3 is 3.00 bits per heavy atom. The fourth-order valence-electron chi connectivity index (χ4n) is 1.78. The molecule has 0 saturated carbocycles. The van der Waals surface area contributed by atoms with Crippen LogP contribution >= 0.6 is 11.6 Å². The van der Waals surface area contributed by atoms with Gasteiger partial charge in [-0.25, -0.2) is 0 Å². The molecule has 4 heteroatoms. The number of aromatic nitrogens is 1. The summed E-state index contributed by atoms with van der Waals surface area (Å²) in [5.41, 5.74) is 1.85. The van der Waals surface area contributed by atoms with E-state index in [0.29, 0.717) is 23.8 Å². The maximum atomic E-state index is 8.76. The molecule has 1 heterocycles. The predicted octanol–water partition coefficient (Wildman–Crippen LogP) is 3.68. The van der Waals surface area contributed by atoms with Crippen LogP contribution in [0, 0.1) is 11.3 Å². The first-order chi connectivity index (χ1) is 8.27. The Kier molecular flexibility index (Phi) is 3.55. The topological polar surface area (TPSA) is 48.8 Å². The lowest BCUT2D eigenvalue weighted by molar-refractivity contribution is 0.318. The zero-order valence-electron chi connectivity index (χ0n) is 9.59. The van der Waals surface area contributed by atoms with E-state index < -0.39 is 0 Å². The first-order valence-electron chi connectivity index (χ1n) is 5.56. The van der Waals surface area contributed by atoms with Gasteiger partial charge in [0.25, 0.3) is 0 Å². The maximum absolute atomic E-state index is 8.76. The van der Waals surface area contributed by atoms with Crippen LogP contribution in [0.1, 0.15) is 18.9 Å². The number of nitriles is 1. The van der Waals surface area contributed by atoms with Crippen molar-refractivity contribution in [2.24, 2.45) is 0 Å². The highest BCUT2D eigenvalue weighted by molar-refractivity contribution is 6.37. The number of fused-ring (bicyclic) bond motifs is 1. The number of benzene rings is 1. The van der Waals surface area contributed by atoms with Crippen LogP contribution in [0.15, 0.2) is 18.3 Å². The van der Waals surface area contributed by atoms with Gasteiger partial charge in [-0.15, -0.1) is 0 Å². The van der Waals surface area contributed by atoms with E-state index >= 15 is 0 Å². The third-order valence-corrected chi connectivity index (χ3v) is 2.94. The second-order valence-corrected chi connectivity index (χ2v) is 4.18. The van der Waals surface area contributed by atoms with E-state index in [1.165, 1.54) is 0 Å². The minimum atomic E-state index is 0.344. The van der Waals surface area contributed by atoms with Gasteiger partial charge in [0.15, 0.2) is 0 Å². The molecule has 2 aromatic rings. The second-order valence-electron chi connectivity index (χ2n) is 3.80. The van der Waals surface area contributed by atoms with Crippen molar-refractivity contribution in [1.82, 2.24) is 4.98 Å². The van der Waals surface area contributed by atoms with E-state index in [0.717, 1.165) is 22.9 Å².